The number of amides is 1. The van der Waals surface area contributed by atoms with Crippen LogP contribution in [0.15, 0.2) is 48.5 Å². The van der Waals surface area contributed by atoms with E-state index in [1.54, 1.807) is 29.2 Å². The first-order valence-corrected chi connectivity index (χ1v) is 6.55. The lowest BCUT2D eigenvalue weighted by molar-refractivity contribution is -0.126. The number of nitrogens with zero attached hydrogens (tertiary/aromatic N) is 1. The van der Waals surface area contributed by atoms with Gasteiger partial charge in [0.05, 0.1) is 6.04 Å². The van der Waals surface area contributed by atoms with E-state index in [1.165, 1.54) is 12.1 Å². The molecule has 0 spiro atoms. The third kappa shape index (κ3) is 2.07. The number of hydrogen-bond donors (Lipinski definition) is 1. The molecule has 3 nitrogen and oxygen atoms in total. The van der Waals surface area contributed by atoms with Gasteiger partial charge in [-0.2, -0.15) is 0 Å². The van der Waals surface area contributed by atoms with Crippen LogP contribution < -0.4 is 10.6 Å². The molecular formula is C15H12ClFN2O. The topological polar surface area (TPSA) is 46.3 Å². The summed E-state index contributed by atoms with van der Waals surface area (Å²) in [6, 6.07) is 12.1. The number of carbonyl (C=O) groups is 1. The summed E-state index contributed by atoms with van der Waals surface area (Å²) in [6.07, 6.45) is 0. The van der Waals surface area contributed by atoms with Gasteiger partial charge >= 0.3 is 0 Å². The Bertz CT molecular complexity index is 659. The van der Waals surface area contributed by atoms with E-state index in [0.29, 0.717) is 10.7 Å². The SMILES string of the molecule is NC1C(=O)N(c2ccc(F)cc2)C1c1cccc(Cl)c1. The van der Waals surface area contributed by atoms with E-state index in [0.717, 1.165) is 5.56 Å². The van der Waals surface area contributed by atoms with Crippen LogP contribution in [0.3, 0.4) is 0 Å². The predicted octanol–water partition coefficient (Wildman–Crippen LogP) is 2.89. The smallest absolute Gasteiger partial charge is 0.247 e. The Kier molecular flexibility index (Phi) is 3.20. The highest BCUT2D eigenvalue weighted by molar-refractivity contribution is 6.30. The molecule has 1 heterocycles. The highest BCUT2D eigenvalue weighted by atomic mass is 35.5. The summed E-state index contributed by atoms with van der Waals surface area (Å²) in [7, 11) is 0. The Hall–Kier alpha value is -1.91. The van der Waals surface area contributed by atoms with Crippen molar-refractivity contribution in [3.8, 4) is 0 Å². The van der Waals surface area contributed by atoms with Gasteiger partial charge in [0.2, 0.25) is 5.91 Å². The van der Waals surface area contributed by atoms with Gasteiger partial charge in [-0.3, -0.25) is 4.79 Å². The minimum Gasteiger partial charge on any atom is -0.318 e. The number of hydrogen-bond acceptors (Lipinski definition) is 2. The van der Waals surface area contributed by atoms with E-state index in [9.17, 15) is 9.18 Å². The lowest BCUT2D eigenvalue weighted by Gasteiger charge is -2.45. The van der Waals surface area contributed by atoms with Crippen LogP contribution in [-0.2, 0) is 4.79 Å². The molecule has 2 aromatic carbocycles. The molecule has 102 valence electrons. The fraction of sp³-hybridized carbons (Fsp3) is 0.133. The maximum Gasteiger partial charge on any atom is 0.247 e. The lowest BCUT2D eigenvalue weighted by atomic mass is 9.88. The van der Waals surface area contributed by atoms with Crippen molar-refractivity contribution in [2.45, 2.75) is 12.1 Å². The van der Waals surface area contributed by atoms with Crippen molar-refractivity contribution >= 4 is 23.2 Å². The molecule has 3 rings (SSSR count). The zero-order valence-corrected chi connectivity index (χ0v) is 11.2. The minimum absolute atomic E-state index is 0.179. The summed E-state index contributed by atoms with van der Waals surface area (Å²) in [5, 5.41) is 0.591. The fourth-order valence-electron chi connectivity index (χ4n) is 2.45. The van der Waals surface area contributed by atoms with Crippen molar-refractivity contribution in [3.63, 3.8) is 0 Å². The molecule has 1 saturated heterocycles. The molecule has 0 saturated carbocycles. The summed E-state index contributed by atoms with van der Waals surface area (Å²) in [5.74, 6) is -0.521. The van der Waals surface area contributed by atoms with Crippen LogP contribution in [0, 0.1) is 5.82 Å². The average Bonchev–Trinajstić information content (AvgIpc) is 2.45. The third-order valence-electron chi connectivity index (χ3n) is 3.44. The largest absolute Gasteiger partial charge is 0.318 e. The molecule has 1 aliphatic rings. The second kappa shape index (κ2) is 4.89. The van der Waals surface area contributed by atoms with Crippen LogP contribution >= 0.6 is 11.6 Å². The van der Waals surface area contributed by atoms with Gasteiger partial charge in [0.1, 0.15) is 11.9 Å². The normalized spacial score (nSPS) is 21.8. The predicted molar refractivity (Wildman–Crippen MR) is 76.1 cm³/mol. The minimum atomic E-state index is -0.599. The summed E-state index contributed by atoms with van der Waals surface area (Å²) in [5.41, 5.74) is 7.39. The molecule has 5 heteroatoms. The number of β-lactam (4-membered cyclic amide) rings is 1. The van der Waals surface area contributed by atoms with Crippen LogP contribution in [0.4, 0.5) is 10.1 Å². The van der Waals surface area contributed by atoms with Gasteiger partial charge in [0.25, 0.3) is 0 Å². The first-order chi connectivity index (χ1) is 9.58. The number of anilines is 1. The number of rotatable bonds is 2. The van der Waals surface area contributed by atoms with Gasteiger partial charge in [-0.25, -0.2) is 4.39 Å². The van der Waals surface area contributed by atoms with Crippen molar-refractivity contribution < 1.29 is 9.18 Å². The van der Waals surface area contributed by atoms with Crippen molar-refractivity contribution in [2.24, 2.45) is 5.73 Å². The van der Waals surface area contributed by atoms with Gasteiger partial charge in [-0.1, -0.05) is 23.7 Å². The van der Waals surface area contributed by atoms with Gasteiger partial charge in [0.15, 0.2) is 0 Å². The number of nitrogens with two attached hydrogens (primary N) is 1. The molecule has 2 unspecified atom stereocenters. The van der Waals surface area contributed by atoms with Crippen LogP contribution in [0.5, 0.6) is 0 Å². The van der Waals surface area contributed by atoms with Gasteiger partial charge in [0, 0.05) is 10.7 Å². The first kappa shape index (κ1) is 13.1. The van der Waals surface area contributed by atoms with Crippen LogP contribution in [0.2, 0.25) is 5.02 Å². The Morgan fingerprint density at radius 2 is 1.85 bits per heavy atom. The zero-order valence-electron chi connectivity index (χ0n) is 10.5. The highest BCUT2D eigenvalue weighted by Gasteiger charge is 2.46. The van der Waals surface area contributed by atoms with E-state index in [1.807, 2.05) is 12.1 Å². The van der Waals surface area contributed by atoms with E-state index < -0.39 is 6.04 Å². The molecule has 1 fully saturated rings. The molecule has 0 bridgehead atoms. The lowest BCUT2D eigenvalue weighted by Crippen LogP contribution is -2.63. The first-order valence-electron chi connectivity index (χ1n) is 6.17. The Labute approximate surface area is 120 Å². The molecule has 0 aromatic heterocycles. The maximum absolute atomic E-state index is 13.0. The fourth-order valence-corrected chi connectivity index (χ4v) is 2.65. The Morgan fingerprint density at radius 3 is 2.50 bits per heavy atom. The molecule has 1 aliphatic heterocycles. The summed E-state index contributed by atoms with van der Waals surface area (Å²) in [6.45, 7) is 0. The number of halogens is 2. The van der Waals surface area contributed by atoms with Crippen molar-refractivity contribution in [1.82, 2.24) is 0 Å². The van der Waals surface area contributed by atoms with Gasteiger partial charge in [-0.15, -0.1) is 0 Å². The maximum atomic E-state index is 13.0. The monoisotopic (exact) mass is 290 g/mol. The standard InChI is InChI=1S/C15H12ClFN2O/c16-10-3-1-2-9(8-10)14-13(18)15(20)19(14)12-6-4-11(17)5-7-12/h1-8,13-14H,18H2. The second-order valence-corrected chi connectivity index (χ2v) is 5.15. The molecule has 2 N–H and O–H groups in total. The Balaban J connectivity index is 1.97. The van der Waals surface area contributed by atoms with Gasteiger partial charge < -0.3 is 10.6 Å². The van der Waals surface area contributed by atoms with Crippen molar-refractivity contribution in [3.05, 3.63) is 64.9 Å². The molecule has 0 radical (unpaired) electrons. The van der Waals surface area contributed by atoms with Crippen molar-refractivity contribution in [2.75, 3.05) is 4.90 Å². The quantitative estimate of drug-likeness (QED) is 0.865. The van der Waals surface area contributed by atoms with E-state index in [-0.39, 0.29) is 17.8 Å². The summed E-state index contributed by atoms with van der Waals surface area (Å²) in [4.78, 5) is 13.6. The van der Waals surface area contributed by atoms with E-state index in [4.69, 9.17) is 17.3 Å². The van der Waals surface area contributed by atoms with Crippen LogP contribution in [0.1, 0.15) is 11.6 Å². The summed E-state index contributed by atoms with van der Waals surface area (Å²) < 4.78 is 13.0. The van der Waals surface area contributed by atoms with Crippen molar-refractivity contribution in [1.29, 1.82) is 0 Å². The van der Waals surface area contributed by atoms with E-state index >= 15 is 0 Å². The van der Waals surface area contributed by atoms with E-state index in [2.05, 4.69) is 0 Å². The van der Waals surface area contributed by atoms with Crippen LogP contribution in [0.25, 0.3) is 0 Å². The molecular weight excluding hydrogens is 279 g/mol. The number of benzene rings is 2. The highest BCUT2D eigenvalue weighted by Crippen LogP contribution is 2.38. The van der Waals surface area contributed by atoms with Crippen LogP contribution in [-0.4, -0.2) is 11.9 Å². The Morgan fingerprint density at radius 1 is 1.15 bits per heavy atom. The molecule has 0 aliphatic carbocycles. The zero-order chi connectivity index (χ0) is 14.3. The molecule has 1 amide bonds. The molecule has 20 heavy (non-hydrogen) atoms. The number of carbonyl (C=O) groups excluding carboxylic acids is 1. The molecule has 2 atom stereocenters. The third-order valence-corrected chi connectivity index (χ3v) is 3.67. The van der Waals surface area contributed by atoms with Gasteiger partial charge in [-0.05, 0) is 42.0 Å². The summed E-state index contributed by atoms with van der Waals surface area (Å²) >= 11 is 5.97. The second-order valence-electron chi connectivity index (χ2n) is 4.71. The average molecular weight is 291 g/mol. The molecule has 2 aromatic rings.